The summed E-state index contributed by atoms with van der Waals surface area (Å²) in [7, 11) is 0. The van der Waals surface area contributed by atoms with Gasteiger partial charge in [-0.2, -0.15) is 0 Å². The fourth-order valence-corrected chi connectivity index (χ4v) is 10.3. The zero-order chi connectivity index (χ0) is 42.1. The van der Waals surface area contributed by atoms with Crippen LogP contribution in [-0.2, 0) is 5.41 Å². The second kappa shape index (κ2) is 14.6. The minimum absolute atomic E-state index is 0.232. The van der Waals surface area contributed by atoms with Gasteiger partial charge in [0, 0.05) is 38.4 Å². The summed E-state index contributed by atoms with van der Waals surface area (Å²) in [6, 6.07) is 81.5. The Kier molecular flexibility index (Phi) is 8.55. The van der Waals surface area contributed by atoms with Crippen LogP contribution in [0.25, 0.3) is 88.3 Å². The Morgan fingerprint density at radius 1 is 0.349 bits per heavy atom. The molecule has 11 aromatic rings. The monoisotopic (exact) mass is 805 g/mol. The number of para-hydroxylation sites is 2. The molecule has 0 saturated carbocycles. The molecule has 0 amide bonds. The van der Waals surface area contributed by atoms with Crippen molar-refractivity contribution in [2.24, 2.45) is 0 Å². The Morgan fingerprint density at radius 2 is 0.937 bits per heavy atom. The molecule has 0 saturated heterocycles. The van der Waals surface area contributed by atoms with Crippen molar-refractivity contribution in [1.29, 1.82) is 0 Å². The number of anilines is 3. The molecule has 0 unspecified atom stereocenters. The van der Waals surface area contributed by atoms with E-state index < -0.39 is 0 Å². The molecule has 0 spiro atoms. The van der Waals surface area contributed by atoms with Gasteiger partial charge in [-0.05, 0) is 97.4 Å². The number of furan rings is 1. The van der Waals surface area contributed by atoms with Gasteiger partial charge in [0.25, 0.3) is 0 Å². The molecule has 0 aliphatic heterocycles. The average Bonchev–Trinajstić information content (AvgIpc) is 3.85. The van der Waals surface area contributed by atoms with Crippen molar-refractivity contribution in [2.45, 2.75) is 19.3 Å². The van der Waals surface area contributed by atoms with Crippen molar-refractivity contribution >= 4 is 49.8 Å². The van der Waals surface area contributed by atoms with E-state index in [1.165, 1.54) is 55.5 Å². The smallest absolute Gasteiger partial charge is 0.143 e. The maximum absolute atomic E-state index is 6.97. The van der Waals surface area contributed by atoms with E-state index >= 15 is 0 Å². The number of benzene rings is 10. The van der Waals surface area contributed by atoms with Crippen LogP contribution in [0.1, 0.15) is 25.0 Å². The predicted molar refractivity (Wildman–Crippen MR) is 265 cm³/mol. The van der Waals surface area contributed by atoms with Crippen molar-refractivity contribution in [1.82, 2.24) is 0 Å². The summed E-state index contributed by atoms with van der Waals surface area (Å²) >= 11 is 0. The molecule has 1 heterocycles. The number of rotatable bonds is 7. The molecule has 0 bridgehead atoms. The highest BCUT2D eigenvalue weighted by Gasteiger charge is 2.39. The number of hydrogen-bond donors (Lipinski definition) is 0. The highest BCUT2D eigenvalue weighted by molar-refractivity contribution is 6.17. The number of fused-ring (bicyclic) bond motifs is 8. The summed E-state index contributed by atoms with van der Waals surface area (Å²) in [5, 5.41) is 4.54. The van der Waals surface area contributed by atoms with Crippen LogP contribution in [0.3, 0.4) is 0 Å². The molecule has 0 N–H and O–H groups in total. The minimum atomic E-state index is -0.232. The molecule has 1 aliphatic rings. The lowest BCUT2D eigenvalue weighted by molar-refractivity contribution is 0.661. The van der Waals surface area contributed by atoms with Gasteiger partial charge in [0.05, 0.1) is 11.4 Å². The third-order valence-electron chi connectivity index (χ3n) is 13.3. The first kappa shape index (κ1) is 36.9. The van der Waals surface area contributed by atoms with Crippen LogP contribution in [0, 0.1) is 0 Å². The van der Waals surface area contributed by atoms with Crippen LogP contribution in [0.4, 0.5) is 17.1 Å². The van der Waals surface area contributed by atoms with Crippen molar-refractivity contribution in [3.63, 3.8) is 0 Å². The summed E-state index contributed by atoms with van der Waals surface area (Å²) < 4.78 is 6.97. The molecule has 0 radical (unpaired) electrons. The Labute approximate surface area is 368 Å². The molecular formula is C61H43NO. The molecule has 12 rings (SSSR count). The van der Waals surface area contributed by atoms with Crippen molar-refractivity contribution in [3.05, 3.63) is 236 Å². The Hall–Kier alpha value is -7.94. The summed E-state index contributed by atoms with van der Waals surface area (Å²) in [6.45, 7) is 4.74. The lowest BCUT2D eigenvalue weighted by Gasteiger charge is -2.33. The van der Waals surface area contributed by atoms with Gasteiger partial charge < -0.3 is 9.32 Å². The van der Waals surface area contributed by atoms with Crippen LogP contribution in [0.15, 0.2) is 229 Å². The summed E-state index contributed by atoms with van der Waals surface area (Å²) in [6.07, 6.45) is 0. The zero-order valence-corrected chi connectivity index (χ0v) is 35.2. The molecule has 63 heavy (non-hydrogen) atoms. The SMILES string of the molecule is CC1(C)c2ccccc2-c2cccc(N(c3ccc(-c4ccc(-c5ccccc5)c(-c5ccccc5)c4)cc3)c3ccccc3-c3cccc4c3oc3c5ccccc5ccc43)c21. The topological polar surface area (TPSA) is 16.4 Å². The lowest BCUT2D eigenvalue weighted by atomic mass is 9.81. The van der Waals surface area contributed by atoms with E-state index in [0.717, 1.165) is 61.1 Å². The third kappa shape index (κ3) is 5.94. The average molecular weight is 806 g/mol. The van der Waals surface area contributed by atoms with Gasteiger partial charge in [-0.25, -0.2) is 0 Å². The van der Waals surface area contributed by atoms with Gasteiger partial charge in [-0.15, -0.1) is 0 Å². The fourth-order valence-electron chi connectivity index (χ4n) is 10.3. The van der Waals surface area contributed by atoms with Crippen LogP contribution in [0.2, 0.25) is 0 Å². The van der Waals surface area contributed by atoms with Crippen LogP contribution in [-0.4, -0.2) is 0 Å². The van der Waals surface area contributed by atoms with Gasteiger partial charge >= 0.3 is 0 Å². The molecule has 1 aliphatic carbocycles. The first-order valence-corrected chi connectivity index (χ1v) is 21.8. The summed E-state index contributed by atoms with van der Waals surface area (Å²) in [4.78, 5) is 2.48. The van der Waals surface area contributed by atoms with Crippen molar-refractivity contribution < 1.29 is 4.42 Å². The number of nitrogens with zero attached hydrogens (tertiary/aromatic N) is 1. The Morgan fingerprint density at radius 3 is 1.75 bits per heavy atom. The Bertz CT molecular complexity index is 3520. The molecule has 298 valence electrons. The molecular weight excluding hydrogens is 763 g/mol. The van der Waals surface area contributed by atoms with Gasteiger partial charge in [0.2, 0.25) is 0 Å². The first-order valence-electron chi connectivity index (χ1n) is 21.8. The molecule has 10 aromatic carbocycles. The van der Waals surface area contributed by atoms with Gasteiger partial charge in [0.1, 0.15) is 11.2 Å². The lowest BCUT2D eigenvalue weighted by Crippen LogP contribution is -2.21. The normalized spacial score (nSPS) is 12.7. The van der Waals surface area contributed by atoms with E-state index in [0.29, 0.717) is 0 Å². The maximum atomic E-state index is 6.97. The zero-order valence-electron chi connectivity index (χ0n) is 35.2. The van der Waals surface area contributed by atoms with Crippen LogP contribution < -0.4 is 4.90 Å². The van der Waals surface area contributed by atoms with Crippen molar-refractivity contribution in [2.75, 3.05) is 4.90 Å². The second-order valence-corrected chi connectivity index (χ2v) is 17.2. The van der Waals surface area contributed by atoms with Crippen molar-refractivity contribution in [3.8, 4) is 55.6 Å². The maximum Gasteiger partial charge on any atom is 0.143 e. The fraction of sp³-hybridized carbons (Fsp3) is 0.0492. The highest BCUT2D eigenvalue weighted by atomic mass is 16.3. The molecule has 0 atom stereocenters. The van der Waals surface area contributed by atoms with Gasteiger partial charge in [-0.3, -0.25) is 0 Å². The van der Waals surface area contributed by atoms with Gasteiger partial charge in [0.15, 0.2) is 0 Å². The molecule has 1 aromatic heterocycles. The van der Waals surface area contributed by atoms with E-state index in [9.17, 15) is 0 Å². The van der Waals surface area contributed by atoms with E-state index in [-0.39, 0.29) is 5.41 Å². The predicted octanol–water partition coefficient (Wildman–Crippen LogP) is 17.2. The van der Waals surface area contributed by atoms with Gasteiger partial charge in [-0.1, -0.05) is 202 Å². The standard InChI is InChI=1S/C61H43NO/c1-61(2)55-28-13-11-23-48(55)50-25-16-30-57(58(50)61)62(45-35-31-40(32-36-45)44-34-37-46(41-17-5-3-6-18-41)54(39-44)42-19-7-4-8-20-42)56-29-14-12-24-49(56)51-26-15-27-52-53-38-33-43-21-9-10-22-47(43)59(53)63-60(51)52/h3-39H,1-2H3. The largest absolute Gasteiger partial charge is 0.455 e. The summed E-state index contributed by atoms with van der Waals surface area (Å²) in [5.74, 6) is 0. The second-order valence-electron chi connectivity index (χ2n) is 17.2. The van der Waals surface area contributed by atoms with E-state index in [4.69, 9.17) is 4.42 Å². The van der Waals surface area contributed by atoms with Crippen LogP contribution in [0.5, 0.6) is 0 Å². The van der Waals surface area contributed by atoms with E-state index in [1.54, 1.807) is 0 Å². The van der Waals surface area contributed by atoms with Crippen LogP contribution >= 0.6 is 0 Å². The third-order valence-corrected chi connectivity index (χ3v) is 13.3. The quantitative estimate of drug-likeness (QED) is 0.160. The Balaban J connectivity index is 1.05. The molecule has 2 heteroatoms. The first-order chi connectivity index (χ1) is 31.0. The highest BCUT2D eigenvalue weighted by Crippen LogP contribution is 2.55. The van der Waals surface area contributed by atoms with E-state index in [2.05, 4.69) is 243 Å². The molecule has 2 nitrogen and oxygen atoms in total. The molecule has 0 fully saturated rings. The summed E-state index contributed by atoms with van der Waals surface area (Å²) in [5.41, 5.74) is 19.5. The number of hydrogen-bond acceptors (Lipinski definition) is 2. The van der Waals surface area contributed by atoms with E-state index in [1.807, 2.05) is 0 Å². The minimum Gasteiger partial charge on any atom is -0.455 e.